The van der Waals surface area contributed by atoms with Gasteiger partial charge >= 0.3 is 0 Å². The number of benzene rings is 1. The number of amides is 1. The van der Waals surface area contributed by atoms with Gasteiger partial charge in [-0.1, -0.05) is 18.2 Å². The Morgan fingerprint density at radius 3 is 2.32 bits per heavy atom. The molecule has 0 atom stereocenters. The number of anilines is 1. The van der Waals surface area contributed by atoms with Gasteiger partial charge in [-0.05, 0) is 44.2 Å². The second-order valence-electron chi connectivity index (χ2n) is 6.60. The van der Waals surface area contributed by atoms with Gasteiger partial charge in [-0.25, -0.2) is 0 Å². The highest BCUT2D eigenvalue weighted by molar-refractivity contribution is 5.79. The Morgan fingerprint density at radius 1 is 1.05 bits per heavy atom. The van der Waals surface area contributed by atoms with E-state index in [1.54, 1.807) is 0 Å². The molecular weight excluding hydrogens is 276 g/mol. The Morgan fingerprint density at radius 2 is 1.68 bits per heavy atom. The molecule has 4 nitrogen and oxygen atoms in total. The van der Waals surface area contributed by atoms with Gasteiger partial charge in [0.05, 0.1) is 6.10 Å². The number of aliphatic hydroxyl groups is 1. The van der Waals surface area contributed by atoms with Crippen LogP contribution in [0.5, 0.6) is 0 Å². The summed E-state index contributed by atoms with van der Waals surface area (Å²) in [5.74, 6) is 0.465. The van der Waals surface area contributed by atoms with E-state index >= 15 is 0 Å². The molecule has 1 aromatic rings. The summed E-state index contributed by atoms with van der Waals surface area (Å²) in [6, 6.07) is 8.47. The fourth-order valence-corrected chi connectivity index (χ4v) is 3.63. The zero-order valence-electron chi connectivity index (χ0n) is 13.4. The Balaban J connectivity index is 1.55. The second kappa shape index (κ2) is 6.69. The number of piperidine rings is 2. The smallest absolute Gasteiger partial charge is 0.225 e. The van der Waals surface area contributed by atoms with Crippen molar-refractivity contribution in [3.05, 3.63) is 29.8 Å². The molecule has 2 aliphatic heterocycles. The molecule has 0 aromatic heterocycles. The first kappa shape index (κ1) is 15.3. The Kier molecular flexibility index (Phi) is 4.67. The molecule has 0 unspecified atom stereocenters. The van der Waals surface area contributed by atoms with E-state index < -0.39 is 0 Å². The molecule has 22 heavy (non-hydrogen) atoms. The van der Waals surface area contributed by atoms with Crippen LogP contribution in [0.1, 0.15) is 31.2 Å². The van der Waals surface area contributed by atoms with Gasteiger partial charge in [0.15, 0.2) is 0 Å². The van der Waals surface area contributed by atoms with E-state index in [0.717, 1.165) is 51.9 Å². The summed E-state index contributed by atoms with van der Waals surface area (Å²) >= 11 is 0. The van der Waals surface area contributed by atoms with Crippen LogP contribution >= 0.6 is 0 Å². The quantitative estimate of drug-likeness (QED) is 0.911. The average Bonchev–Trinajstić information content (AvgIpc) is 2.56. The summed E-state index contributed by atoms with van der Waals surface area (Å²) in [6.07, 6.45) is 3.12. The molecule has 0 saturated carbocycles. The van der Waals surface area contributed by atoms with Crippen LogP contribution in [0.2, 0.25) is 0 Å². The van der Waals surface area contributed by atoms with Crippen LogP contribution in [-0.2, 0) is 4.79 Å². The van der Waals surface area contributed by atoms with E-state index in [9.17, 15) is 9.90 Å². The summed E-state index contributed by atoms with van der Waals surface area (Å²) in [5, 5.41) is 9.56. The highest BCUT2D eigenvalue weighted by Gasteiger charge is 2.30. The minimum absolute atomic E-state index is 0.163. The maximum absolute atomic E-state index is 12.6. The number of likely N-dealkylation sites (tertiary alicyclic amines) is 1. The first-order valence-electron chi connectivity index (χ1n) is 8.42. The molecule has 2 aliphatic rings. The van der Waals surface area contributed by atoms with Gasteiger partial charge in [0, 0.05) is 37.8 Å². The molecule has 1 aromatic carbocycles. The molecular formula is C18H26N2O2. The molecule has 2 heterocycles. The first-order valence-corrected chi connectivity index (χ1v) is 8.42. The summed E-state index contributed by atoms with van der Waals surface area (Å²) < 4.78 is 0. The zero-order chi connectivity index (χ0) is 15.5. The van der Waals surface area contributed by atoms with Gasteiger partial charge in [0.1, 0.15) is 0 Å². The van der Waals surface area contributed by atoms with Gasteiger partial charge < -0.3 is 14.9 Å². The first-order chi connectivity index (χ1) is 10.6. The average molecular weight is 302 g/mol. The molecule has 0 radical (unpaired) electrons. The standard InChI is InChI=1S/C18H26N2O2/c1-14-4-2-3-5-17(14)19-10-6-15(7-11-19)18(22)20-12-8-16(21)9-13-20/h2-5,15-16,21H,6-13H2,1H3. The van der Waals surface area contributed by atoms with Crippen LogP contribution in [0, 0.1) is 12.8 Å². The minimum Gasteiger partial charge on any atom is -0.393 e. The number of aryl methyl sites for hydroxylation is 1. The summed E-state index contributed by atoms with van der Waals surface area (Å²) in [4.78, 5) is 17.0. The van der Waals surface area contributed by atoms with Gasteiger partial charge in [0.2, 0.25) is 5.91 Å². The third kappa shape index (κ3) is 3.27. The lowest BCUT2D eigenvalue weighted by atomic mass is 9.93. The topological polar surface area (TPSA) is 43.8 Å². The van der Waals surface area contributed by atoms with E-state index in [0.29, 0.717) is 5.91 Å². The zero-order valence-corrected chi connectivity index (χ0v) is 13.4. The van der Waals surface area contributed by atoms with Crippen LogP contribution in [-0.4, -0.2) is 48.2 Å². The number of rotatable bonds is 2. The van der Waals surface area contributed by atoms with Crippen molar-refractivity contribution in [3.63, 3.8) is 0 Å². The monoisotopic (exact) mass is 302 g/mol. The van der Waals surface area contributed by atoms with Gasteiger partial charge in [0.25, 0.3) is 0 Å². The molecule has 1 N–H and O–H groups in total. The largest absolute Gasteiger partial charge is 0.393 e. The van der Waals surface area contributed by atoms with E-state index in [2.05, 4.69) is 36.1 Å². The van der Waals surface area contributed by atoms with Crippen molar-refractivity contribution >= 4 is 11.6 Å². The van der Waals surface area contributed by atoms with Crippen molar-refractivity contribution in [1.29, 1.82) is 0 Å². The number of hydrogen-bond donors (Lipinski definition) is 1. The van der Waals surface area contributed by atoms with E-state index in [1.165, 1.54) is 11.3 Å². The van der Waals surface area contributed by atoms with Crippen molar-refractivity contribution in [1.82, 2.24) is 4.90 Å². The molecule has 4 heteroatoms. The molecule has 1 amide bonds. The van der Waals surface area contributed by atoms with E-state index in [-0.39, 0.29) is 12.0 Å². The fourth-order valence-electron chi connectivity index (χ4n) is 3.63. The van der Waals surface area contributed by atoms with Crippen molar-refractivity contribution < 1.29 is 9.90 Å². The van der Waals surface area contributed by atoms with Crippen molar-refractivity contribution in [3.8, 4) is 0 Å². The summed E-state index contributed by atoms with van der Waals surface area (Å²) in [7, 11) is 0. The third-order valence-electron chi connectivity index (χ3n) is 5.08. The second-order valence-corrected chi connectivity index (χ2v) is 6.60. The molecule has 0 spiro atoms. The Bertz CT molecular complexity index is 516. The van der Waals surface area contributed by atoms with Gasteiger partial charge in [-0.15, -0.1) is 0 Å². The van der Waals surface area contributed by atoms with E-state index in [4.69, 9.17) is 0 Å². The predicted molar refractivity (Wildman–Crippen MR) is 87.9 cm³/mol. The molecule has 0 bridgehead atoms. The number of nitrogens with zero attached hydrogens (tertiary/aromatic N) is 2. The van der Waals surface area contributed by atoms with Crippen LogP contribution < -0.4 is 4.90 Å². The Hall–Kier alpha value is -1.55. The lowest BCUT2D eigenvalue weighted by Gasteiger charge is -2.37. The molecule has 0 aliphatic carbocycles. The van der Waals surface area contributed by atoms with Crippen molar-refractivity contribution in [2.75, 3.05) is 31.1 Å². The normalized spacial score (nSPS) is 21.2. The predicted octanol–water partition coefficient (Wildman–Crippen LogP) is 2.19. The number of carbonyl (C=O) groups excluding carboxylic acids is 1. The molecule has 3 rings (SSSR count). The van der Waals surface area contributed by atoms with Gasteiger partial charge in [-0.2, -0.15) is 0 Å². The summed E-state index contributed by atoms with van der Waals surface area (Å²) in [5.41, 5.74) is 2.60. The highest BCUT2D eigenvalue weighted by Crippen LogP contribution is 2.27. The lowest BCUT2D eigenvalue weighted by molar-refractivity contribution is -0.138. The van der Waals surface area contributed by atoms with E-state index in [1.807, 2.05) is 4.90 Å². The van der Waals surface area contributed by atoms with Crippen LogP contribution in [0.4, 0.5) is 5.69 Å². The van der Waals surface area contributed by atoms with Crippen molar-refractivity contribution in [2.24, 2.45) is 5.92 Å². The van der Waals surface area contributed by atoms with Crippen LogP contribution in [0.15, 0.2) is 24.3 Å². The van der Waals surface area contributed by atoms with Gasteiger partial charge in [-0.3, -0.25) is 4.79 Å². The molecule has 120 valence electrons. The Labute approximate surface area is 132 Å². The lowest BCUT2D eigenvalue weighted by Crippen LogP contribution is -2.46. The van der Waals surface area contributed by atoms with Crippen molar-refractivity contribution in [2.45, 2.75) is 38.7 Å². The third-order valence-corrected chi connectivity index (χ3v) is 5.08. The SMILES string of the molecule is Cc1ccccc1N1CCC(C(=O)N2CCC(O)CC2)CC1. The number of para-hydroxylation sites is 1. The number of carbonyl (C=O) groups is 1. The van der Waals surface area contributed by atoms with Crippen LogP contribution in [0.3, 0.4) is 0 Å². The number of hydrogen-bond acceptors (Lipinski definition) is 3. The minimum atomic E-state index is -0.216. The molecule has 2 fully saturated rings. The number of aliphatic hydroxyl groups excluding tert-OH is 1. The maximum Gasteiger partial charge on any atom is 0.225 e. The van der Waals surface area contributed by atoms with Crippen LogP contribution in [0.25, 0.3) is 0 Å². The maximum atomic E-state index is 12.6. The summed E-state index contributed by atoms with van der Waals surface area (Å²) in [6.45, 7) is 5.50. The molecule has 2 saturated heterocycles. The fraction of sp³-hybridized carbons (Fsp3) is 0.611. The highest BCUT2D eigenvalue weighted by atomic mass is 16.3.